The van der Waals surface area contributed by atoms with E-state index >= 15 is 0 Å². The first kappa shape index (κ1) is 23.3. The molecule has 0 unspecified atom stereocenters. The number of methoxy groups -OCH3 is 1. The van der Waals surface area contributed by atoms with E-state index in [1.165, 1.54) is 6.08 Å². The zero-order valence-electron chi connectivity index (χ0n) is 19.3. The lowest BCUT2D eigenvalue weighted by Crippen LogP contribution is -2.07. The summed E-state index contributed by atoms with van der Waals surface area (Å²) in [7, 11) is 1.58. The van der Waals surface area contributed by atoms with E-state index in [2.05, 4.69) is 31.5 Å². The van der Waals surface area contributed by atoms with E-state index in [1.54, 1.807) is 24.1 Å². The van der Waals surface area contributed by atoms with Crippen molar-refractivity contribution in [2.45, 2.75) is 13.5 Å². The van der Waals surface area contributed by atoms with Crippen LogP contribution in [0.2, 0.25) is 0 Å². The number of nitriles is 1. The van der Waals surface area contributed by atoms with E-state index < -0.39 is 0 Å². The molecule has 174 valence electrons. The van der Waals surface area contributed by atoms with Gasteiger partial charge in [0.25, 0.3) is 0 Å². The second-order valence-electron chi connectivity index (χ2n) is 7.58. The molecule has 0 aliphatic carbocycles. The van der Waals surface area contributed by atoms with Crippen molar-refractivity contribution in [3.05, 3.63) is 65.5 Å². The van der Waals surface area contributed by atoms with E-state index in [0.717, 1.165) is 22.4 Å². The zero-order chi connectivity index (χ0) is 24.8. The summed E-state index contributed by atoms with van der Waals surface area (Å²) in [6.45, 7) is 2.22. The molecule has 35 heavy (non-hydrogen) atoms. The highest BCUT2D eigenvalue weighted by Gasteiger charge is 2.17. The number of nitrogens with one attached hydrogen (secondary N) is 2. The Morgan fingerprint density at radius 1 is 1.20 bits per heavy atom. The molecule has 2 aromatic heterocycles. The Morgan fingerprint density at radius 2 is 2.00 bits per heavy atom. The van der Waals surface area contributed by atoms with Crippen LogP contribution in [-0.4, -0.2) is 38.3 Å². The third kappa shape index (κ3) is 5.06. The minimum absolute atomic E-state index is 0.0564. The van der Waals surface area contributed by atoms with Gasteiger partial charge < -0.3 is 25.0 Å². The molecular formula is C26H23N7O2. The van der Waals surface area contributed by atoms with Gasteiger partial charge in [-0.15, -0.1) is 6.42 Å². The molecule has 0 saturated carbocycles. The summed E-state index contributed by atoms with van der Waals surface area (Å²) in [5.74, 6) is 3.99. The summed E-state index contributed by atoms with van der Waals surface area (Å²) in [5, 5.41) is 24.9. The molecule has 9 heteroatoms. The number of aromatic nitrogens is 4. The van der Waals surface area contributed by atoms with E-state index in [0.29, 0.717) is 40.9 Å². The highest BCUT2D eigenvalue weighted by atomic mass is 16.5. The van der Waals surface area contributed by atoms with Gasteiger partial charge in [0.1, 0.15) is 5.75 Å². The molecule has 0 aliphatic rings. The highest BCUT2D eigenvalue weighted by molar-refractivity contribution is 5.88. The molecule has 3 N–H and O–H groups in total. The molecule has 0 radical (unpaired) electrons. The third-order valence-corrected chi connectivity index (χ3v) is 5.25. The van der Waals surface area contributed by atoms with Crippen LogP contribution >= 0.6 is 0 Å². The average Bonchev–Trinajstić information content (AvgIpc) is 3.27. The number of anilines is 4. The van der Waals surface area contributed by atoms with Gasteiger partial charge in [-0.25, -0.2) is 4.98 Å². The Morgan fingerprint density at radius 3 is 2.69 bits per heavy atom. The van der Waals surface area contributed by atoms with Crippen molar-refractivity contribution < 1.29 is 9.84 Å². The van der Waals surface area contributed by atoms with Crippen molar-refractivity contribution in [2.24, 2.45) is 0 Å². The first-order valence-electron chi connectivity index (χ1n) is 10.8. The normalized spacial score (nSPS) is 10.8. The Balaban J connectivity index is 1.78. The van der Waals surface area contributed by atoms with Crippen molar-refractivity contribution in [2.75, 3.05) is 24.4 Å². The molecular weight excluding hydrogens is 442 g/mol. The van der Waals surface area contributed by atoms with Crippen LogP contribution in [-0.2, 0) is 6.54 Å². The van der Waals surface area contributed by atoms with Crippen LogP contribution in [0.25, 0.3) is 17.2 Å². The number of imidazole rings is 1. The second-order valence-corrected chi connectivity index (χ2v) is 7.58. The summed E-state index contributed by atoms with van der Waals surface area (Å²) >= 11 is 0. The topological polar surface area (TPSA) is 121 Å². The van der Waals surface area contributed by atoms with Gasteiger partial charge in [-0.2, -0.15) is 15.2 Å². The molecule has 0 spiro atoms. The summed E-state index contributed by atoms with van der Waals surface area (Å²) in [4.78, 5) is 13.8. The van der Waals surface area contributed by atoms with Crippen LogP contribution in [0.3, 0.4) is 0 Å². The number of hydrogen-bond donors (Lipinski definition) is 3. The molecule has 0 atom stereocenters. The summed E-state index contributed by atoms with van der Waals surface area (Å²) in [6.07, 6.45) is 10.2. The first-order chi connectivity index (χ1) is 17.1. The maximum absolute atomic E-state index is 9.47. The van der Waals surface area contributed by atoms with Crippen molar-refractivity contribution >= 4 is 40.4 Å². The van der Waals surface area contributed by atoms with Crippen LogP contribution in [0.5, 0.6) is 5.75 Å². The predicted molar refractivity (Wildman–Crippen MR) is 136 cm³/mol. The van der Waals surface area contributed by atoms with Gasteiger partial charge in [-0.3, -0.25) is 0 Å². The number of terminal acetylenes is 1. The first-order valence-corrected chi connectivity index (χ1v) is 10.8. The fourth-order valence-electron chi connectivity index (χ4n) is 3.59. The minimum Gasteiger partial charge on any atom is -0.495 e. The number of benzene rings is 2. The molecule has 9 nitrogen and oxygen atoms in total. The molecule has 2 aromatic carbocycles. The van der Waals surface area contributed by atoms with E-state index in [1.807, 2.05) is 49.4 Å². The van der Waals surface area contributed by atoms with E-state index in [9.17, 15) is 5.11 Å². The number of fused-ring (bicyclic) bond motifs is 1. The lowest BCUT2D eigenvalue weighted by Gasteiger charge is -2.16. The van der Waals surface area contributed by atoms with Crippen LogP contribution in [0.15, 0.2) is 48.8 Å². The second kappa shape index (κ2) is 10.4. The molecule has 0 saturated heterocycles. The Kier molecular flexibility index (Phi) is 6.91. The standard InChI is InChI=1S/C26H23N7O2/c1-4-18-7-9-20(10-8-18)29-26-31-24(23-25(32-26)33(12-13-34)16-28-23)30-22-17(2)14-19(6-5-11-27)15-21(22)35-3/h1,5-10,14-16,34H,12-13H2,2-3H3,(H2,29,30,31,32)/b6-5+. The van der Waals surface area contributed by atoms with Crippen molar-refractivity contribution in [3.63, 3.8) is 0 Å². The lowest BCUT2D eigenvalue weighted by atomic mass is 10.1. The number of aryl methyl sites for hydroxylation is 1. The molecule has 0 fully saturated rings. The van der Waals surface area contributed by atoms with Crippen molar-refractivity contribution in [1.29, 1.82) is 5.26 Å². The van der Waals surface area contributed by atoms with Gasteiger partial charge in [0.2, 0.25) is 5.95 Å². The number of allylic oxidation sites excluding steroid dienone is 1. The minimum atomic E-state index is -0.0564. The zero-order valence-corrected chi connectivity index (χ0v) is 19.3. The summed E-state index contributed by atoms with van der Waals surface area (Å²) < 4.78 is 7.37. The summed E-state index contributed by atoms with van der Waals surface area (Å²) in [6, 6.07) is 13.1. The molecule has 4 aromatic rings. The Hall–Kier alpha value is -4.86. The summed E-state index contributed by atoms with van der Waals surface area (Å²) in [5.41, 5.74) is 5.08. The van der Waals surface area contributed by atoms with E-state index in [4.69, 9.17) is 16.4 Å². The van der Waals surface area contributed by atoms with Gasteiger partial charge in [-0.1, -0.05) is 5.92 Å². The number of rotatable bonds is 8. The fourth-order valence-corrected chi connectivity index (χ4v) is 3.59. The predicted octanol–water partition coefficient (Wildman–Crippen LogP) is 4.14. The maximum atomic E-state index is 9.47. The Labute approximate surface area is 202 Å². The molecule has 2 heterocycles. The van der Waals surface area contributed by atoms with Crippen LogP contribution in [0.1, 0.15) is 16.7 Å². The molecule has 0 amide bonds. The van der Waals surface area contributed by atoms with Gasteiger partial charge >= 0.3 is 0 Å². The van der Waals surface area contributed by atoms with Gasteiger partial charge in [-0.05, 0) is 60.5 Å². The van der Waals surface area contributed by atoms with Crippen molar-refractivity contribution in [3.8, 4) is 24.2 Å². The molecule has 4 rings (SSSR count). The maximum Gasteiger partial charge on any atom is 0.231 e. The number of aliphatic hydroxyl groups excluding tert-OH is 1. The SMILES string of the molecule is C#Cc1ccc(Nc2nc(Nc3c(C)cc(/C=C/C#N)cc3OC)c3ncn(CCO)c3n2)cc1. The van der Waals surface area contributed by atoms with Crippen LogP contribution in [0, 0.1) is 30.6 Å². The monoisotopic (exact) mass is 465 g/mol. The largest absolute Gasteiger partial charge is 0.495 e. The van der Waals surface area contributed by atoms with E-state index in [-0.39, 0.29) is 6.61 Å². The van der Waals surface area contributed by atoms with Gasteiger partial charge in [0.15, 0.2) is 17.0 Å². The molecule has 0 aliphatic heterocycles. The number of nitrogens with zero attached hydrogens (tertiary/aromatic N) is 5. The fraction of sp³-hybridized carbons (Fsp3) is 0.154. The smallest absolute Gasteiger partial charge is 0.231 e. The highest BCUT2D eigenvalue weighted by Crippen LogP contribution is 2.34. The molecule has 0 bridgehead atoms. The van der Waals surface area contributed by atoms with Crippen LogP contribution in [0.4, 0.5) is 23.1 Å². The number of aliphatic hydroxyl groups is 1. The Bertz CT molecular complexity index is 1480. The quantitative estimate of drug-likeness (QED) is 0.262. The van der Waals surface area contributed by atoms with Gasteiger partial charge in [0.05, 0.1) is 31.8 Å². The number of ether oxygens (including phenoxy) is 1. The third-order valence-electron chi connectivity index (χ3n) is 5.25. The number of hydrogen-bond acceptors (Lipinski definition) is 8. The average molecular weight is 466 g/mol. The van der Waals surface area contributed by atoms with Crippen molar-refractivity contribution in [1.82, 2.24) is 19.5 Å². The lowest BCUT2D eigenvalue weighted by molar-refractivity contribution is 0.277. The van der Waals surface area contributed by atoms with Crippen LogP contribution < -0.4 is 15.4 Å². The van der Waals surface area contributed by atoms with Gasteiger partial charge in [0, 0.05) is 23.9 Å².